The van der Waals surface area contributed by atoms with E-state index < -0.39 is 12.1 Å². The number of hydrogen-bond acceptors (Lipinski definition) is 3. The third-order valence-corrected chi connectivity index (χ3v) is 1.72. The van der Waals surface area contributed by atoms with Crippen molar-refractivity contribution in [3.63, 3.8) is 0 Å². The Hall–Kier alpha value is -1.84. The molecule has 1 atom stereocenters. The molecule has 79 valence electrons. The van der Waals surface area contributed by atoms with E-state index in [1.807, 2.05) is 30.3 Å². The van der Waals surface area contributed by atoms with Gasteiger partial charge in [-0.3, -0.25) is 4.79 Å². The zero-order valence-electron chi connectivity index (χ0n) is 8.40. The Kier molecular flexibility index (Phi) is 4.34. The molecule has 1 N–H and O–H groups in total. The highest BCUT2D eigenvalue weighted by atomic mass is 16.5. The Bertz CT molecular complexity index is 324. The van der Waals surface area contributed by atoms with Crippen molar-refractivity contribution in [1.82, 2.24) is 5.32 Å². The number of carbonyl (C=O) groups excluding carboxylic acids is 2. The average molecular weight is 206 g/mol. The van der Waals surface area contributed by atoms with Crippen LogP contribution in [0, 0.1) is 0 Å². The van der Waals surface area contributed by atoms with E-state index in [4.69, 9.17) is 4.74 Å². The number of rotatable bonds is 4. The van der Waals surface area contributed by atoms with Gasteiger partial charge in [0.2, 0.25) is 6.29 Å². The van der Waals surface area contributed by atoms with Gasteiger partial charge in [0.25, 0.3) is 0 Å². The summed E-state index contributed by atoms with van der Waals surface area (Å²) in [5.74, 6) is 0. The number of benzene rings is 1. The summed E-state index contributed by atoms with van der Waals surface area (Å²) in [6.07, 6.45) is 1.02. The van der Waals surface area contributed by atoms with Crippen LogP contribution < -0.4 is 5.32 Å². The summed E-state index contributed by atoms with van der Waals surface area (Å²) in [7, 11) is 0. The normalized spacial score (nSPS) is 11.5. The van der Waals surface area contributed by atoms with E-state index >= 15 is 0 Å². The first-order valence-electron chi connectivity index (χ1n) is 4.57. The number of alkyl carbamates (subject to hydrolysis) is 1. The third-order valence-electron chi connectivity index (χ3n) is 1.72. The fraction of sp³-hybridized carbons (Fsp3) is 0.273. The Morgan fingerprint density at radius 1 is 1.47 bits per heavy atom. The lowest BCUT2D eigenvalue weighted by molar-refractivity contribution is 0.138. The third kappa shape index (κ3) is 4.26. The van der Waals surface area contributed by atoms with E-state index in [1.54, 1.807) is 6.29 Å². The first-order chi connectivity index (χ1) is 7.22. The van der Waals surface area contributed by atoms with Gasteiger partial charge >= 0.3 is 6.09 Å². The molecule has 1 rings (SSSR count). The molecule has 0 saturated carbocycles. The lowest BCUT2D eigenvalue weighted by atomic mass is 10.2. The van der Waals surface area contributed by atoms with Crippen molar-refractivity contribution >= 4 is 12.4 Å². The highest BCUT2D eigenvalue weighted by Crippen LogP contribution is 2.00. The maximum absolute atomic E-state index is 11.1. The number of nitrogens with one attached hydrogen (secondary N) is 1. The molecule has 0 fully saturated rings. The fourth-order valence-electron chi connectivity index (χ4n) is 0.971. The molecule has 1 amide bonds. The average Bonchev–Trinajstić information content (AvgIpc) is 2.27. The van der Waals surface area contributed by atoms with Gasteiger partial charge in [0.1, 0.15) is 6.61 Å². The van der Waals surface area contributed by atoms with Crippen LogP contribution in [-0.2, 0) is 16.1 Å². The van der Waals surface area contributed by atoms with Crippen molar-refractivity contribution in [3.8, 4) is 0 Å². The molecule has 1 unspecified atom stereocenters. The molecule has 4 heteroatoms. The summed E-state index contributed by atoms with van der Waals surface area (Å²) in [6, 6.07) is 8.66. The molecule has 0 aliphatic rings. The van der Waals surface area contributed by atoms with Gasteiger partial charge in [-0.1, -0.05) is 30.3 Å². The molecule has 0 spiro atoms. The topological polar surface area (TPSA) is 55.4 Å². The maximum Gasteiger partial charge on any atom is 0.408 e. The predicted molar refractivity (Wildman–Crippen MR) is 54.9 cm³/mol. The van der Waals surface area contributed by atoms with Crippen LogP contribution in [0.25, 0.3) is 0 Å². The van der Waals surface area contributed by atoms with E-state index in [0.29, 0.717) is 0 Å². The van der Waals surface area contributed by atoms with Gasteiger partial charge in [0.15, 0.2) is 0 Å². The van der Waals surface area contributed by atoms with Gasteiger partial charge < -0.3 is 10.1 Å². The van der Waals surface area contributed by atoms with Crippen LogP contribution in [0.2, 0.25) is 0 Å². The van der Waals surface area contributed by atoms with Crippen molar-refractivity contribution in [1.29, 1.82) is 0 Å². The van der Waals surface area contributed by atoms with Crippen LogP contribution in [-0.4, -0.2) is 18.4 Å². The van der Waals surface area contributed by atoms with Crippen molar-refractivity contribution in [3.05, 3.63) is 35.9 Å². The van der Waals surface area contributed by atoms with Gasteiger partial charge in [-0.2, -0.15) is 0 Å². The van der Waals surface area contributed by atoms with Crippen molar-refractivity contribution in [2.75, 3.05) is 0 Å². The number of carbonyl (C=O) groups is 1. The number of amides is 1. The van der Waals surface area contributed by atoms with Gasteiger partial charge in [0, 0.05) is 0 Å². The summed E-state index contributed by atoms with van der Waals surface area (Å²) >= 11 is 0. The lowest BCUT2D eigenvalue weighted by Gasteiger charge is -2.07. The summed E-state index contributed by atoms with van der Waals surface area (Å²) in [6.45, 7) is 1.72. The van der Waals surface area contributed by atoms with E-state index in [1.165, 1.54) is 6.92 Å². The van der Waals surface area contributed by atoms with Gasteiger partial charge in [-0.15, -0.1) is 0 Å². The molecule has 4 nitrogen and oxygen atoms in total. The maximum atomic E-state index is 11.1. The number of ether oxygens (including phenoxy) is 1. The van der Waals surface area contributed by atoms with Gasteiger partial charge in [-0.25, -0.2) is 4.79 Å². The summed E-state index contributed by atoms with van der Waals surface area (Å²) in [4.78, 5) is 21.2. The molecular weight excluding hydrogens is 194 g/mol. The van der Waals surface area contributed by atoms with Crippen LogP contribution in [0.3, 0.4) is 0 Å². The predicted octanol–water partition coefficient (Wildman–Crippen LogP) is 1.41. The Labute approximate surface area is 88.2 Å². The van der Waals surface area contributed by atoms with Crippen LogP contribution in [0.4, 0.5) is 4.79 Å². The van der Waals surface area contributed by atoms with E-state index in [0.717, 1.165) is 5.56 Å². The molecule has 0 aliphatic carbocycles. The first kappa shape index (κ1) is 11.2. The monoisotopic (exact) mass is 206 g/mol. The summed E-state index contributed by atoms with van der Waals surface area (Å²) in [5, 5.41) is 2.32. The van der Waals surface area contributed by atoms with Crippen LogP contribution in [0.15, 0.2) is 30.3 Å². The first-order valence-corrected chi connectivity index (χ1v) is 4.57. The SMILES string of the molecule is CC([C]=O)NC(=O)OCc1ccccc1. The second-order valence-electron chi connectivity index (χ2n) is 3.05. The van der Waals surface area contributed by atoms with E-state index in [2.05, 4.69) is 5.32 Å². The molecular formula is C11H12NO3. The molecule has 0 bridgehead atoms. The summed E-state index contributed by atoms with van der Waals surface area (Å²) < 4.78 is 4.87. The molecule has 1 aromatic rings. The van der Waals surface area contributed by atoms with Gasteiger partial charge in [0.05, 0.1) is 6.04 Å². The zero-order valence-corrected chi connectivity index (χ0v) is 8.40. The van der Waals surface area contributed by atoms with Gasteiger partial charge in [-0.05, 0) is 12.5 Å². The van der Waals surface area contributed by atoms with Crippen molar-refractivity contribution < 1.29 is 14.3 Å². The van der Waals surface area contributed by atoms with Crippen LogP contribution in [0.5, 0.6) is 0 Å². The second-order valence-corrected chi connectivity index (χ2v) is 3.05. The molecule has 0 aromatic heterocycles. The second kappa shape index (κ2) is 5.80. The molecule has 1 aromatic carbocycles. The molecule has 1 radical (unpaired) electrons. The molecule has 0 aliphatic heterocycles. The fourth-order valence-corrected chi connectivity index (χ4v) is 0.971. The Morgan fingerprint density at radius 2 is 2.13 bits per heavy atom. The molecule has 0 saturated heterocycles. The number of hydrogen-bond donors (Lipinski definition) is 1. The highest BCUT2D eigenvalue weighted by molar-refractivity contribution is 5.72. The summed E-state index contributed by atoms with van der Waals surface area (Å²) in [5.41, 5.74) is 0.899. The smallest absolute Gasteiger partial charge is 0.408 e. The molecule has 0 heterocycles. The lowest BCUT2D eigenvalue weighted by Crippen LogP contribution is -2.33. The van der Waals surface area contributed by atoms with Crippen LogP contribution >= 0.6 is 0 Å². The van der Waals surface area contributed by atoms with Crippen LogP contribution in [0.1, 0.15) is 12.5 Å². The molecule has 15 heavy (non-hydrogen) atoms. The van der Waals surface area contributed by atoms with Crippen molar-refractivity contribution in [2.45, 2.75) is 19.6 Å². The van der Waals surface area contributed by atoms with Crippen molar-refractivity contribution in [2.24, 2.45) is 0 Å². The Balaban J connectivity index is 2.31. The zero-order chi connectivity index (χ0) is 11.1. The largest absolute Gasteiger partial charge is 0.445 e. The minimum atomic E-state index is -0.645. The van der Waals surface area contributed by atoms with E-state index in [9.17, 15) is 9.59 Å². The highest BCUT2D eigenvalue weighted by Gasteiger charge is 2.07. The standard InChI is InChI=1S/C11H12NO3/c1-9(7-13)12-11(14)15-8-10-5-3-2-4-6-10/h2-6,9H,8H2,1H3,(H,12,14). The quantitative estimate of drug-likeness (QED) is 0.810. The minimum Gasteiger partial charge on any atom is -0.445 e. The Morgan fingerprint density at radius 3 is 2.73 bits per heavy atom. The minimum absolute atomic E-state index is 0.193. The van der Waals surface area contributed by atoms with E-state index in [-0.39, 0.29) is 6.61 Å².